The summed E-state index contributed by atoms with van der Waals surface area (Å²) in [6.45, 7) is 0.797. The van der Waals surface area contributed by atoms with Gasteiger partial charge in [-0.25, -0.2) is 8.42 Å². The van der Waals surface area contributed by atoms with Gasteiger partial charge < -0.3 is 5.32 Å². The molecule has 0 unspecified atom stereocenters. The summed E-state index contributed by atoms with van der Waals surface area (Å²) in [6, 6.07) is 14.6. The Bertz CT molecular complexity index is 1080. The largest absolute Gasteiger partial charge is 0.355 e. The quantitative estimate of drug-likeness (QED) is 0.714. The van der Waals surface area contributed by atoms with E-state index in [-0.39, 0.29) is 29.2 Å². The van der Waals surface area contributed by atoms with E-state index >= 15 is 0 Å². The van der Waals surface area contributed by atoms with Crippen LogP contribution in [0.5, 0.6) is 0 Å². The van der Waals surface area contributed by atoms with Gasteiger partial charge in [-0.2, -0.15) is 0 Å². The number of aliphatic imine (C=N–C) groups is 1. The van der Waals surface area contributed by atoms with Gasteiger partial charge in [-0.15, -0.1) is 0 Å². The number of carbonyl (C=O) groups is 1. The Morgan fingerprint density at radius 1 is 1.10 bits per heavy atom. The predicted molar refractivity (Wildman–Crippen MR) is 117 cm³/mol. The zero-order chi connectivity index (χ0) is 21.2. The number of hydrogen-bond donors (Lipinski definition) is 2. The number of hydrogen-bond acceptors (Lipinski definition) is 4. The molecule has 0 atom stereocenters. The lowest BCUT2D eigenvalue weighted by atomic mass is 9.79. The van der Waals surface area contributed by atoms with Gasteiger partial charge in [-0.05, 0) is 42.7 Å². The van der Waals surface area contributed by atoms with Crippen molar-refractivity contribution in [3.63, 3.8) is 0 Å². The van der Waals surface area contributed by atoms with Gasteiger partial charge >= 0.3 is 0 Å². The number of rotatable bonds is 6. The summed E-state index contributed by atoms with van der Waals surface area (Å²) < 4.78 is 26.7. The van der Waals surface area contributed by atoms with Gasteiger partial charge in [0.05, 0.1) is 11.4 Å². The Balaban J connectivity index is 1.36. The molecule has 1 fully saturated rings. The maximum atomic E-state index is 12.4. The normalized spacial score (nSPS) is 20.0. The average Bonchev–Trinajstić information content (AvgIpc) is 3.31. The molecule has 1 saturated carbocycles. The number of nitrogens with zero attached hydrogens (tertiary/aromatic N) is 1. The average molecular weight is 446 g/mol. The van der Waals surface area contributed by atoms with Crippen LogP contribution in [0.2, 0.25) is 5.02 Å². The van der Waals surface area contributed by atoms with Crippen molar-refractivity contribution in [2.45, 2.75) is 42.4 Å². The van der Waals surface area contributed by atoms with Crippen LogP contribution < -0.4 is 10.0 Å². The van der Waals surface area contributed by atoms with E-state index in [1.165, 1.54) is 5.56 Å². The van der Waals surface area contributed by atoms with Gasteiger partial charge in [-0.3, -0.25) is 14.5 Å². The van der Waals surface area contributed by atoms with E-state index in [1.54, 1.807) is 24.3 Å². The lowest BCUT2D eigenvalue weighted by Gasteiger charge is -2.30. The molecule has 2 aliphatic rings. The molecule has 1 aliphatic heterocycles. The van der Waals surface area contributed by atoms with E-state index < -0.39 is 10.0 Å². The lowest BCUT2D eigenvalue weighted by molar-refractivity contribution is -0.121. The van der Waals surface area contributed by atoms with Gasteiger partial charge in [0, 0.05) is 29.0 Å². The second-order valence-electron chi connectivity index (χ2n) is 7.85. The Kier molecular flexibility index (Phi) is 5.84. The summed E-state index contributed by atoms with van der Waals surface area (Å²) in [5.41, 5.74) is 1.71. The molecule has 1 aliphatic carbocycles. The second kappa shape index (κ2) is 8.40. The molecule has 1 heterocycles. The molecule has 2 aromatic carbocycles. The monoisotopic (exact) mass is 445 g/mol. The minimum Gasteiger partial charge on any atom is -0.355 e. The second-order valence-corrected chi connectivity index (χ2v) is 9.94. The molecule has 0 spiro atoms. The van der Waals surface area contributed by atoms with Crippen LogP contribution in [-0.2, 0) is 20.2 Å². The molecule has 6 nitrogen and oxygen atoms in total. The first-order valence-corrected chi connectivity index (χ1v) is 12.0. The minimum absolute atomic E-state index is 0.0494. The van der Waals surface area contributed by atoms with E-state index in [2.05, 4.69) is 27.2 Å². The van der Waals surface area contributed by atoms with Crippen molar-refractivity contribution >= 4 is 33.4 Å². The van der Waals surface area contributed by atoms with Gasteiger partial charge in [-0.1, -0.05) is 48.7 Å². The van der Waals surface area contributed by atoms with Crippen molar-refractivity contribution in [3.05, 3.63) is 64.7 Å². The fourth-order valence-corrected chi connectivity index (χ4v) is 5.68. The number of benzene rings is 2. The highest BCUT2D eigenvalue weighted by molar-refractivity contribution is 7.90. The summed E-state index contributed by atoms with van der Waals surface area (Å²) in [5.74, 6) is 0.209. The third-order valence-electron chi connectivity index (χ3n) is 5.91. The van der Waals surface area contributed by atoms with Crippen LogP contribution in [0.25, 0.3) is 0 Å². The van der Waals surface area contributed by atoms with E-state index in [0.717, 1.165) is 25.7 Å². The first-order chi connectivity index (χ1) is 14.4. The maximum absolute atomic E-state index is 12.4. The molecular weight excluding hydrogens is 422 g/mol. The van der Waals surface area contributed by atoms with Crippen LogP contribution in [0.1, 0.15) is 43.2 Å². The molecule has 0 bridgehead atoms. The van der Waals surface area contributed by atoms with Crippen molar-refractivity contribution in [2.24, 2.45) is 4.99 Å². The summed E-state index contributed by atoms with van der Waals surface area (Å²) in [7, 11) is -3.56. The fourth-order valence-electron chi connectivity index (χ4n) is 4.30. The highest BCUT2D eigenvalue weighted by Crippen LogP contribution is 2.41. The standard InChI is InChI=1S/C22H24ClN3O3S/c23-17-9-7-16(8-10-17)22(12-3-4-13-22)15-25-20(27)11-14-24-21-18-5-1-2-6-19(18)30(28,29)26-21/h1-2,5-10H,3-4,11-15H2,(H,24,26)(H,25,27). The van der Waals surface area contributed by atoms with Crippen molar-refractivity contribution in [2.75, 3.05) is 13.1 Å². The molecular formula is C22H24ClN3O3S. The first-order valence-electron chi connectivity index (χ1n) is 10.1. The van der Waals surface area contributed by atoms with E-state index in [9.17, 15) is 13.2 Å². The van der Waals surface area contributed by atoms with Crippen molar-refractivity contribution in [3.8, 4) is 0 Å². The highest BCUT2D eigenvalue weighted by Gasteiger charge is 2.36. The smallest absolute Gasteiger partial charge is 0.263 e. The Morgan fingerprint density at radius 2 is 1.80 bits per heavy atom. The summed E-state index contributed by atoms with van der Waals surface area (Å²) in [5, 5.41) is 3.77. The molecule has 2 N–H and O–H groups in total. The molecule has 8 heteroatoms. The summed E-state index contributed by atoms with van der Waals surface area (Å²) >= 11 is 6.03. The number of sulfonamides is 1. The first kappa shape index (κ1) is 20.9. The zero-order valence-corrected chi connectivity index (χ0v) is 18.1. The number of fused-ring (bicyclic) bond motifs is 1. The van der Waals surface area contributed by atoms with E-state index in [0.29, 0.717) is 23.0 Å². The van der Waals surface area contributed by atoms with Gasteiger partial charge in [0.1, 0.15) is 5.84 Å². The van der Waals surface area contributed by atoms with Gasteiger partial charge in [0.25, 0.3) is 10.0 Å². The maximum Gasteiger partial charge on any atom is 0.263 e. The number of amides is 1. The van der Waals surface area contributed by atoms with Gasteiger partial charge in [0.15, 0.2) is 0 Å². The molecule has 30 heavy (non-hydrogen) atoms. The third-order valence-corrected chi connectivity index (χ3v) is 7.56. The van der Waals surface area contributed by atoms with Crippen molar-refractivity contribution in [1.82, 2.24) is 10.0 Å². The predicted octanol–water partition coefficient (Wildman–Crippen LogP) is 3.40. The molecule has 0 aromatic heterocycles. The number of nitrogens with one attached hydrogen (secondary N) is 2. The van der Waals surface area contributed by atoms with E-state index in [4.69, 9.17) is 11.6 Å². The topological polar surface area (TPSA) is 87.6 Å². The highest BCUT2D eigenvalue weighted by atomic mass is 35.5. The molecule has 1 amide bonds. The summed E-state index contributed by atoms with van der Waals surface area (Å²) in [6.07, 6.45) is 4.56. The van der Waals surface area contributed by atoms with Crippen LogP contribution in [0.3, 0.4) is 0 Å². The minimum atomic E-state index is -3.56. The molecule has 158 valence electrons. The number of halogens is 1. The van der Waals surface area contributed by atoms with Crippen LogP contribution in [0.4, 0.5) is 0 Å². The molecule has 0 radical (unpaired) electrons. The third kappa shape index (κ3) is 4.23. The van der Waals surface area contributed by atoms with Crippen LogP contribution in [0, 0.1) is 0 Å². The number of amidine groups is 1. The van der Waals surface area contributed by atoms with Crippen LogP contribution in [0.15, 0.2) is 58.4 Å². The Morgan fingerprint density at radius 3 is 2.53 bits per heavy atom. The number of carbonyl (C=O) groups excluding carboxylic acids is 1. The molecule has 4 rings (SSSR count). The summed E-state index contributed by atoms with van der Waals surface area (Å²) in [4.78, 5) is 17.0. The lowest BCUT2D eigenvalue weighted by Crippen LogP contribution is -2.39. The van der Waals surface area contributed by atoms with Crippen molar-refractivity contribution in [1.29, 1.82) is 0 Å². The van der Waals surface area contributed by atoms with Gasteiger partial charge in [0.2, 0.25) is 5.91 Å². The van der Waals surface area contributed by atoms with E-state index in [1.807, 2.05) is 12.1 Å². The zero-order valence-electron chi connectivity index (χ0n) is 16.5. The SMILES string of the molecule is O=C(CCN=C1NS(=O)(=O)c2ccccc21)NCC1(c2ccc(Cl)cc2)CCCC1. The van der Waals surface area contributed by atoms with Crippen LogP contribution in [-0.4, -0.2) is 33.3 Å². The molecule has 0 saturated heterocycles. The van der Waals surface area contributed by atoms with Crippen LogP contribution >= 0.6 is 11.6 Å². The molecule has 2 aromatic rings. The van der Waals surface area contributed by atoms with Crippen molar-refractivity contribution < 1.29 is 13.2 Å². The Labute approximate surface area is 181 Å². The Hall–Kier alpha value is -2.38. The fraction of sp³-hybridized carbons (Fsp3) is 0.364.